The van der Waals surface area contributed by atoms with E-state index >= 15 is 0 Å². The van der Waals surface area contributed by atoms with Crippen molar-refractivity contribution in [3.8, 4) is 5.75 Å². The maximum Gasteiger partial charge on any atom is 0.123 e. The van der Waals surface area contributed by atoms with Gasteiger partial charge in [-0.2, -0.15) is 0 Å². The van der Waals surface area contributed by atoms with E-state index in [4.69, 9.17) is 10.5 Å². The second kappa shape index (κ2) is 6.07. The summed E-state index contributed by atoms with van der Waals surface area (Å²) in [5.74, 6) is 0.810. The number of ether oxygens (including phenoxy) is 1. The van der Waals surface area contributed by atoms with Gasteiger partial charge in [0.15, 0.2) is 0 Å². The maximum absolute atomic E-state index is 6.40. The van der Waals surface area contributed by atoms with Crippen LogP contribution in [0, 0.1) is 6.92 Å². The zero-order valence-corrected chi connectivity index (χ0v) is 14.0. The van der Waals surface area contributed by atoms with Gasteiger partial charge in [-0.05, 0) is 36.8 Å². The van der Waals surface area contributed by atoms with Gasteiger partial charge in [-0.3, -0.25) is 0 Å². The first-order valence-electron chi connectivity index (χ1n) is 5.88. The van der Waals surface area contributed by atoms with Crippen molar-refractivity contribution < 1.29 is 4.74 Å². The number of hydrogen-bond acceptors (Lipinski definition) is 2. The molecule has 0 spiro atoms. The zero-order chi connectivity index (χ0) is 14.0. The molecule has 19 heavy (non-hydrogen) atoms. The fourth-order valence-corrected chi connectivity index (χ4v) is 2.89. The number of aryl methyl sites for hydroxylation is 1. The van der Waals surface area contributed by atoms with Crippen LogP contribution in [0.3, 0.4) is 0 Å². The molecule has 2 aromatic rings. The highest BCUT2D eigenvalue weighted by Crippen LogP contribution is 2.34. The highest BCUT2D eigenvalue weighted by Gasteiger charge is 2.17. The summed E-state index contributed by atoms with van der Waals surface area (Å²) in [5, 5.41) is 0. The third-order valence-electron chi connectivity index (χ3n) is 3.01. The van der Waals surface area contributed by atoms with Crippen LogP contribution in [-0.4, -0.2) is 7.11 Å². The molecule has 4 heteroatoms. The SMILES string of the molecule is COc1ccc(C)cc1C(N)c1cc(Br)ccc1Br. The zero-order valence-electron chi connectivity index (χ0n) is 10.8. The molecule has 0 fully saturated rings. The van der Waals surface area contributed by atoms with Gasteiger partial charge in [0, 0.05) is 14.5 Å². The molecule has 0 amide bonds. The van der Waals surface area contributed by atoms with Gasteiger partial charge >= 0.3 is 0 Å². The quantitative estimate of drug-likeness (QED) is 0.840. The topological polar surface area (TPSA) is 35.2 Å². The first-order valence-corrected chi connectivity index (χ1v) is 7.46. The molecule has 2 N–H and O–H groups in total. The Kier molecular flexibility index (Phi) is 4.66. The van der Waals surface area contributed by atoms with Crippen LogP contribution in [0.15, 0.2) is 45.3 Å². The number of nitrogens with two attached hydrogens (primary N) is 1. The van der Waals surface area contributed by atoms with Crippen LogP contribution < -0.4 is 10.5 Å². The van der Waals surface area contributed by atoms with Crippen molar-refractivity contribution >= 4 is 31.9 Å². The van der Waals surface area contributed by atoms with E-state index in [1.807, 2.05) is 37.3 Å². The molecule has 0 bridgehead atoms. The lowest BCUT2D eigenvalue weighted by Crippen LogP contribution is -2.14. The van der Waals surface area contributed by atoms with Crippen molar-refractivity contribution in [3.05, 3.63) is 62.0 Å². The summed E-state index contributed by atoms with van der Waals surface area (Å²) in [4.78, 5) is 0. The molecule has 0 radical (unpaired) electrons. The van der Waals surface area contributed by atoms with Crippen molar-refractivity contribution in [1.82, 2.24) is 0 Å². The number of hydrogen-bond donors (Lipinski definition) is 1. The van der Waals surface area contributed by atoms with Gasteiger partial charge < -0.3 is 10.5 Å². The van der Waals surface area contributed by atoms with Crippen LogP contribution in [0.25, 0.3) is 0 Å². The minimum absolute atomic E-state index is 0.235. The van der Waals surface area contributed by atoms with E-state index < -0.39 is 0 Å². The van der Waals surface area contributed by atoms with Crippen molar-refractivity contribution in [3.63, 3.8) is 0 Å². The lowest BCUT2D eigenvalue weighted by Gasteiger charge is -2.18. The molecule has 0 aliphatic rings. The minimum Gasteiger partial charge on any atom is -0.496 e. The Morgan fingerprint density at radius 1 is 1.05 bits per heavy atom. The molecule has 100 valence electrons. The van der Waals surface area contributed by atoms with Gasteiger partial charge in [0.25, 0.3) is 0 Å². The molecular weight excluding hydrogens is 370 g/mol. The summed E-state index contributed by atoms with van der Waals surface area (Å²) < 4.78 is 7.41. The fraction of sp³-hybridized carbons (Fsp3) is 0.200. The standard InChI is InChI=1S/C15H15Br2NO/c1-9-3-6-14(19-2)12(7-9)15(18)11-8-10(16)4-5-13(11)17/h3-8,15H,18H2,1-2H3. The van der Waals surface area contributed by atoms with Crippen LogP contribution in [-0.2, 0) is 0 Å². The van der Waals surface area contributed by atoms with Gasteiger partial charge in [-0.25, -0.2) is 0 Å². The minimum atomic E-state index is -0.235. The third-order valence-corrected chi connectivity index (χ3v) is 4.23. The lowest BCUT2D eigenvalue weighted by atomic mass is 9.97. The molecular formula is C15H15Br2NO. The Labute approximate surface area is 130 Å². The molecule has 0 aliphatic carbocycles. The average molecular weight is 385 g/mol. The monoisotopic (exact) mass is 383 g/mol. The first kappa shape index (κ1) is 14.6. The Morgan fingerprint density at radius 2 is 1.79 bits per heavy atom. The van der Waals surface area contributed by atoms with E-state index in [0.29, 0.717) is 0 Å². The Bertz CT molecular complexity index is 599. The predicted octanol–water partition coefficient (Wildman–Crippen LogP) is 4.58. The summed E-state index contributed by atoms with van der Waals surface area (Å²) in [6.07, 6.45) is 0. The van der Waals surface area contributed by atoms with Crippen LogP contribution >= 0.6 is 31.9 Å². The summed E-state index contributed by atoms with van der Waals surface area (Å²) in [5.41, 5.74) is 9.58. The van der Waals surface area contributed by atoms with Crippen molar-refractivity contribution in [1.29, 1.82) is 0 Å². The first-order chi connectivity index (χ1) is 9.02. The summed E-state index contributed by atoms with van der Waals surface area (Å²) in [6.45, 7) is 2.05. The van der Waals surface area contributed by atoms with Gasteiger partial charge in [0.2, 0.25) is 0 Å². The molecule has 0 saturated carbocycles. The lowest BCUT2D eigenvalue weighted by molar-refractivity contribution is 0.407. The highest BCUT2D eigenvalue weighted by molar-refractivity contribution is 9.11. The second-order valence-corrected chi connectivity index (χ2v) is 6.16. The van der Waals surface area contributed by atoms with Crippen LogP contribution in [0.5, 0.6) is 5.75 Å². The highest BCUT2D eigenvalue weighted by atomic mass is 79.9. The smallest absolute Gasteiger partial charge is 0.123 e. The van der Waals surface area contributed by atoms with E-state index in [1.54, 1.807) is 7.11 Å². The summed E-state index contributed by atoms with van der Waals surface area (Å²) >= 11 is 7.03. The number of methoxy groups -OCH3 is 1. The van der Waals surface area contributed by atoms with E-state index in [1.165, 1.54) is 0 Å². The molecule has 2 rings (SSSR count). The molecule has 0 saturated heterocycles. The van der Waals surface area contributed by atoms with E-state index in [2.05, 4.69) is 37.9 Å². The molecule has 2 nitrogen and oxygen atoms in total. The van der Waals surface area contributed by atoms with Crippen LogP contribution in [0.2, 0.25) is 0 Å². The Balaban J connectivity index is 2.51. The van der Waals surface area contributed by atoms with Gasteiger partial charge in [-0.1, -0.05) is 49.6 Å². The number of rotatable bonds is 3. The van der Waals surface area contributed by atoms with E-state index in [-0.39, 0.29) is 6.04 Å². The third kappa shape index (κ3) is 3.19. The molecule has 1 unspecified atom stereocenters. The van der Waals surface area contributed by atoms with Crippen molar-refractivity contribution in [2.45, 2.75) is 13.0 Å². The molecule has 1 atom stereocenters. The molecule has 0 aromatic heterocycles. The summed E-state index contributed by atoms with van der Waals surface area (Å²) in [6, 6.07) is 11.8. The second-order valence-electron chi connectivity index (χ2n) is 4.39. The summed E-state index contributed by atoms with van der Waals surface area (Å²) in [7, 11) is 1.66. The van der Waals surface area contributed by atoms with Crippen LogP contribution in [0.1, 0.15) is 22.7 Å². The van der Waals surface area contributed by atoms with E-state index in [9.17, 15) is 0 Å². The van der Waals surface area contributed by atoms with Gasteiger partial charge in [0.05, 0.1) is 13.2 Å². The largest absolute Gasteiger partial charge is 0.496 e. The van der Waals surface area contributed by atoms with Crippen LogP contribution in [0.4, 0.5) is 0 Å². The van der Waals surface area contributed by atoms with Crippen molar-refractivity contribution in [2.24, 2.45) is 5.73 Å². The predicted molar refractivity (Wildman–Crippen MR) is 85.6 cm³/mol. The fourth-order valence-electron chi connectivity index (χ4n) is 2.02. The number of benzene rings is 2. The van der Waals surface area contributed by atoms with Gasteiger partial charge in [0.1, 0.15) is 5.75 Å². The molecule has 0 aliphatic heterocycles. The number of halogens is 2. The van der Waals surface area contributed by atoms with Crippen molar-refractivity contribution in [2.75, 3.05) is 7.11 Å². The van der Waals surface area contributed by atoms with E-state index in [0.717, 1.165) is 31.4 Å². The maximum atomic E-state index is 6.40. The van der Waals surface area contributed by atoms with Gasteiger partial charge in [-0.15, -0.1) is 0 Å². The molecule has 2 aromatic carbocycles. The normalized spacial score (nSPS) is 12.3. The Morgan fingerprint density at radius 3 is 2.47 bits per heavy atom. The average Bonchev–Trinajstić information content (AvgIpc) is 2.40. The molecule has 0 heterocycles. The Hall–Kier alpha value is -0.840.